The Balaban J connectivity index is 1.89. The second-order valence-electron chi connectivity index (χ2n) is 7.31. The summed E-state index contributed by atoms with van der Waals surface area (Å²) in [5.74, 6) is 0.661. The van der Waals surface area contributed by atoms with Gasteiger partial charge in [-0.3, -0.25) is 14.9 Å². The maximum atomic E-state index is 13.2. The zero-order valence-electron chi connectivity index (χ0n) is 18.9. The Morgan fingerprint density at radius 2 is 1.65 bits per heavy atom. The van der Waals surface area contributed by atoms with Gasteiger partial charge in [0.1, 0.15) is 0 Å². The molecule has 0 aromatic heterocycles. The van der Waals surface area contributed by atoms with E-state index in [1.165, 1.54) is 23.9 Å². The molecule has 178 valence electrons. The average molecular weight is 501 g/mol. The summed E-state index contributed by atoms with van der Waals surface area (Å²) in [5, 5.41) is 14.8. The molecule has 3 rings (SSSR count). The molecule has 9 heteroatoms. The third-order valence-electron chi connectivity index (χ3n) is 4.58. The number of ether oxygens (including phenoxy) is 2. The highest BCUT2D eigenvalue weighted by Crippen LogP contribution is 2.35. The van der Waals surface area contributed by atoms with Crippen LogP contribution in [0.5, 0.6) is 11.5 Å². The number of anilines is 1. The quantitative estimate of drug-likeness (QED) is 0.220. The molecule has 0 saturated heterocycles. The van der Waals surface area contributed by atoms with Crippen LogP contribution in [0.3, 0.4) is 0 Å². The van der Waals surface area contributed by atoms with E-state index in [0.717, 1.165) is 17.7 Å². The van der Waals surface area contributed by atoms with E-state index in [2.05, 4.69) is 5.32 Å². The van der Waals surface area contributed by atoms with Gasteiger partial charge in [-0.15, -0.1) is 0 Å². The zero-order chi connectivity index (χ0) is 24.5. The van der Waals surface area contributed by atoms with Crippen LogP contribution in [0.15, 0.2) is 70.5 Å². The fourth-order valence-electron chi connectivity index (χ4n) is 2.97. The molecule has 1 N–H and O–H groups in total. The van der Waals surface area contributed by atoms with Gasteiger partial charge in [-0.2, -0.15) is 0 Å². The Morgan fingerprint density at radius 1 is 0.971 bits per heavy atom. The van der Waals surface area contributed by atoms with Gasteiger partial charge in [-0.05, 0) is 55.3 Å². The van der Waals surface area contributed by atoms with Crippen molar-refractivity contribution in [2.75, 3.05) is 18.5 Å². The van der Waals surface area contributed by atoms with E-state index in [9.17, 15) is 14.9 Å². The van der Waals surface area contributed by atoms with E-state index in [1.54, 1.807) is 36.4 Å². The molecular weight excluding hydrogens is 476 g/mol. The van der Waals surface area contributed by atoms with Crippen LogP contribution in [0.1, 0.15) is 37.0 Å². The molecule has 0 atom stereocenters. The third-order valence-corrected chi connectivity index (χ3v) is 5.92. The van der Waals surface area contributed by atoms with Crippen molar-refractivity contribution in [3.63, 3.8) is 0 Å². The van der Waals surface area contributed by atoms with Crippen LogP contribution >= 0.6 is 23.4 Å². The summed E-state index contributed by atoms with van der Waals surface area (Å²) in [5.41, 5.74) is 0.520. The zero-order valence-corrected chi connectivity index (χ0v) is 20.4. The van der Waals surface area contributed by atoms with Crippen molar-refractivity contribution in [3.05, 3.63) is 81.4 Å². The lowest BCUT2D eigenvalue weighted by molar-refractivity contribution is -0.384. The number of benzene rings is 3. The fraction of sp³-hybridized carbons (Fsp3) is 0.240. The molecule has 0 spiro atoms. The molecule has 0 bridgehead atoms. The van der Waals surface area contributed by atoms with E-state index in [1.807, 2.05) is 26.0 Å². The summed E-state index contributed by atoms with van der Waals surface area (Å²) in [6, 6.07) is 16.5. The van der Waals surface area contributed by atoms with Gasteiger partial charge in [0, 0.05) is 38.7 Å². The highest BCUT2D eigenvalue weighted by Gasteiger charge is 2.19. The Labute approximate surface area is 207 Å². The Morgan fingerprint density at radius 3 is 2.29 bits per heavy atom. The Kier molecular flexibility index (Phi) is 9.18. The molecule has 1 amide bonds. The molecule has 7 nitrogen and oxygen atoms in total. The predicted molar refractivity (Wildman–Crippen MR) is 135 cm³/mol. The van der Waals surface area contributed by atoms with Crippen LogP contribution in [0.25, 0.3) is 0 Å². The van der Waals surface area contributed by atoms with E-state index in [-0.39, 0.29) is 11.3 Å². The molecule has 0 heterocycles. The minimum atomic E-state index is -0.524. The number of non-ortho nitro benzene ring substituents is 1. The second-order valence-corrected chi connectivity index (χ2v) is 8.86. The van der Waals surface area contributed by atoms with Crippen molar-refractivity contribution in [3.8, 4) is 11.5 Å². The smallest absolute Gasteiger partial charge is 0.270 e. The van der Waals surface area contributed by atoms with Gasteiger partial charge in [-0.1, -0.05) is 37.2 Å². The van der Waals surface area contributed by atoms with Gasteiger partial charge in [0.2, 0.25) is 0 Å². The van der Waals surface area contributed by atoms with Crippen molar-refractivity contribution in [2.24, 2.45) is 0 Å². The van der Waals surface area contributed by atoms with E-state index < -0.39 is 10.8 Å². The van der Waals surface area contributed by atoms with E-state index in [4.69, 9.17) is 21.1 Å². The molecular formula is C25H25ClN2O5S. The van der Waals surface area contributed by atoms with Gasteiger partial charge < -0.3 is 14.8 Å². The van der Waals surface area contributed by atoms with Crippen LogP contribution in [-0.2, 0) is 0 Å². The van der Waals surface area contributed by atoms with Crippen LogP contribution in [0.4, 0.5) is 11.4 Å². The number of nitrogens with zero attached hydrogens (tertiary/aromatic N) is 1. The Bertz CT molecular complexity index is 1150. The number of hydrogen-bond donors (Lipinski definition) is 1. The van der Waals surface area contributed by atoms with Crippen LogP contribution in [-0.4, -0.2) is 24.0 Å². The summed E-state index contributed by atoms with van der Waals surface area (Å²) in [6.45, 7) is 5.07. The summed E-state index contributed by atoms with van der Waals surface area (Å²) >= 11 is 7.28. The molecule has 0 fully saturated rings. The fourth-order valence-corrected chi connectivity index (χ4v) is 4.02. The number of hydrogen-bond acceptors (Lipinski definition) is 6. The number of carbonyl (C=O) groups excluding carboxylic acids is 1. The molecule has 0 aliphatic rings. The summed E-state index contributed by atoms with van der Waals surface area (Å²) in [6.07, 6.45) is 1.68. The number of amides is 1. The summed E-state index contributed by atoms with van der Waals surface area (Å²) in [4.78, 5) is 25.4. The SMILES string of the molecule is CCCOc1ccc(NC(=O)c2cc([N+](=O)[O-])ccc2Sc2ccc(Cl)cc2)cc1OCCC. The highest BCUT2D eigenvalue weighted by molar-refractivity contribution is 7.99. The van der Waals surface area contributed by atoms with Crippen LogP contribution < -0.4 is 14.8 Å². The topological polar surface area (TPSA) is 90.7 Å². The lowest BCUT2D eigenvalue weighted by Gasteiger charge is -2.15. The minimum absolute atomic E-state index is 0.166. The largest absolute Gasteiger partial charge is 0.490 e. The highest BCUT2D eigenvalue weighted by atomic mass is 35.5. The number of carbonyl (C=O) groups is 1. The van der Waals surface area contributed by atoms with Crippen LogP contribution in [0.2, 0.25) is 5.02 Å². The molecule has 3 aromatic rings. The maximum absolute atomic E-state index is 13.2. The number of nitro benzene ring substituents is 1. The number of nitro groups is 1. The molecule has 0 aliphatic carbocycles. The van der Waals surface area contributed by atoms with Gasteiger partial charge in [0.05, 0.1) is 23.7 Å². The molecule has 0 saturated carbocycles. The lowest BCUT2D eigenvalue weighted by atomic mass is 10.1. The molecule has 34 heavy (non-hydrogen) atoms. The molecule has 0 aliphatic heterocycles. The monoisotopic (exact) mass is 500 g/mol. The number of nitrogens with one attached hydrogen (secondary N) is 1. The first-order valence-electron chi connectivity index (χ1n) is 10.8. The maximum Gasteiger partial charge on any atom is 0.270 e. The van der Waals surface area contributed by atoms with Gasteiger partial charge in [-0.25, -0.2) is 0 Å². The second kappa shape index (κ2) is 12.3. The lowest BCUT2D eigenvalue weighted by Crippen LogP contribution is -2.14. The Hall–Kier alpha value is -3.23. The van der Waals surface area contributed by atoms with Gasteiger partial charge in [0.15, 0.2) is 11.5 Å². The van der Waals surface area contributed by atoms with Crippen molar-refractivity contribution in [1.82, 2.24) is 0 Å². The standard InChI is InChI=1S/C25H25ClN2O5S/c1-3-13-32-22-11-7-18(15-23(22)33-14-4-2)27-25(29)21-16-19(28(30)31)8-12-24(21)34-20-9-5-17(26)6-10-20/h5-12,15-16H,3-4,13-14H2,1-2H3,(H,27,29). The van der Waals surface area contributed by atoms with Crippen molar-refractivity contribution in [2.45, 2.75) is 36.5 Å². The molecule has 0 unspecified atom stereocenters. The first-order valence-corrected chi connectivity index (χ1v) is 12.0. The third kappa shape index (κ3) is 6.88. The summed E-state index contributed by atoms with van der Waals surface area (Å²) < 4.78 is 11.5. The predicted octanol–water partition coefficient (Wildman–Crippen LogP) is 7.23. The normalized spacial score (nSPS) is 10.6. The average Bonchev–Trinajstić information content (AvgIpc) is 2.83. The van der Waals surface area contributed by atoms with E-state index >= 15 is 0 Å². The van der Waals surface area contributed by atoms with Crippen LogP contribution in [0, 0.1) is 10.1 Å². The first-order chi connectivity index (χ1) is 16.4. The first kappa shape index (κ1) is 25.4. The number of rotatable bonds is 11. The van der Waals surface area contributed by atoms with Crippen molar-refractivity contribution < 1.29 is 19.2 Å². The molecule has 0 radical (unpaired) electrons. The van der Waals surface area contributed by atoms with E-state index in [0.29, 0.717) is 40.3 Å². The minimum Gasteiger partial charge on any atom is -0.490 e. The summed E-state index contributed by atoms with van der Waals surface area (Å²) in [7, 11) is 0. The van der Waals surface area contributed by atoms with Crippen molar-refractivity contribution >= 4 is 40.6 Å². The number of halogens is 1. The van der Waals surface area contributed by atoms with Crippen molar-refractivity contribution in [1.29, 1.82) is 0 Å². The van der Waals surface area contributed by atoms with Gasteiger partial charge >= 0.3 is 0 Å². The van der Waals surface area contributed by atoms with Gasteiger partial charge in [0.25, 0.3) is 11.6 Å². The molecule has 3 aromatic carbocycles.